The number of hydrogen-bond acceptors (Lipinski definition) is 6. The first kappa shape index (κ1) is 15.8. The highest BCUT2D eigenvalue weighted by Crippen LogP contribution is 2.63. The standard InChI is InChI=1S/C6H12NO6PS2/c1-15-14(12,16-13)7-4(6(10)11)2-3-5(8)9/h4,13H,2-3H2,1H3,(H,7,12)(H,8,9)(H,10,11). The third-order valence-corrected chi connectivity index (χ3v) is 7.59. The van der Waals surface area contributed by atoms with Crippen molar-refractivity contribution in [3.8, 4) is 0 Å². The quantitative estimate of drug-likeness (QED) is 0.389. The molecule has 0 rings (SSSR count). The first-order chi connectivity index (χ1) is 7.34. The van der Waals surface area contributed by atoms with Crippen molar-refractivity contribution < 1.29 is 28.9 Å². The van der Waals surface area contributed by atoms with E-state index in [2.05, 4.69) is 5.09 Å². The number of carbonyl (C=O) groups is 2. The van der Waals surface area contributed by atoms with E-state index in [-0.39, 0.29) is 24.5 Å². The summed E-state index contributed by atoms with van der Waals surface area (Å²) in [6.07, 6.45) is 0.900. The van der Waals surface area contributed by atoms with Gasteiger partial charge in [0.25, 0.3) is 5.70 Å². The summed E-state index contributed by atoms with van der Waals surface area (Å²) in [5.74, 6) is -2.44. The molecule has 94 valence electrons. The molecule has 0 spiro atoms. The largest absolute Gasteiger partial charge is 0.481 e. The van der Waals surface area contributed by atoms with Crippen LogP contribution in [0.15, 0.2) is 0 Å². The first-order valence-electron chi connectivity index (χ1n) is 4.06. The fourth-order valence-electron chi connectivity index (χ4n) is 0.812. The van der Waals surface area contributed by atoms with Crippen LogP contribution in [0.3, 0.4) is 0 Å². The summed E-state index contributed by atoms with van der Waals surface area (Å²) in [6.45, 7) is 0. The molecule has 0 bridgehead atoms. The molecule has 0 heterocycles. The molecule has 2 unspecified atom stereocenters. The zero-order valence-corrected chi connectivity index (χ0v) is 10.8. The minimum Gasteiger partial charge on any atom is -0.481 e. The van der Waals surface area contributed by atoms with Gasteiger partial charge in [0.15, 0.2) is 0 Å². The summed E-state index contributed by atoms with van der Waals surface area (Å²) in [5.41, 5.74) is -3.29. The van der Waals surface area contributed by atoms with Crippen molar-refractivity contribution in [3.05, 3.63) is 0 Å². The average molecular weight is 289 g/mol. The van der Waals surface area contributed by atoms with Gasteiger partial charge in [-0.3, -0.25) is 14.2 Å². The van der Waals surface area contributed by atoms with Crippen molar-refractivity contribution in [1.82, 2.24) is 5.09 Å². The van der Waals surface area contributed by atoms with Gasteiger partial charge >= 0.3 is 11.9 Å². The summed E-state index contributed by atoms with van der Waals surface area (Å²) in [6, 6.07) is -1.26. The maximum Gasteiger partial charge on any atom is 0.321 e. The summed E-state index contributed by atoms with van der Waals surface area (Å²) in [4.78, 5) is 21.0. The summed E-state index contributed by atoms with van der Waals surface area (Å²) in [7, 11) is 0. The molecule has 0 aromatic carbocycles. The van der Waals surface area contributed by atoms with Crippen LogP contribution in [0.1, 0.15) is 12.8 Å². The highest BCUT2D eigenvalue weighted by atomic mass is 33.1. The monoisotopic (exact) mass is 289 g/mol. The highest BCUT2D eigenvalue weighted by molar-refractivity contribution is 8.88. The van der Waals surface area contributed by atoms with E-state index in [4.69, 9.17) is 14.8 Å². The van der Waals surface area contributed by atoms with E-state index in [0.29, 0.717) is 0 Å². The van der Waals surface area contributed by atoms with E-state index in [0.717, 1.165) is 11.4 Å². The lowest BCUT2D eigenvalue weighted by molar-refractivity contribution is -0.140. The molecule has 0 aromatic heterocycles. The Bertz CT molecular complexity index is 303. The lowest BCUT2D eigenvalue weighted by Gasteiger charge is -2.18. The van der Waals surface area contributed by atoms with Crippen molar-refractivity contribution in [3.63, 3.8) is 0 Å². The van der Waals surface area contributed by atoms with Gasteiger partial charge in [-0.15, -0.1) is 0 Å². The van der Waals surface area contributed by atoms with Crippen LogP contribution in [0, 0.1) is 0 Å². The van der Waals surface area contributed by atoms with Gasteiger partial charge in [0, 0.05) is 6.42 Å². The number of hydrogen-bond donors (Lipinski definition) is 4. The predicted octanol–water partition coefficient (Wildman–Crippen LogP) is 1.57. The van der Waals surface area contributed by atoms with Crippen molar-refractivity contribution in [2.24, 2.45) is 0 Å². The highest BCUT2D eigenvalue weighted by Gasteiger charge is 2.29. The normalized spacial score (nSPS) is 16.4. The number of rotatable bonds is 8. The van der Waals surface area contributed by atoms with E-state index in [1.165, 1.54) is 6.26 Å². The third-order valence-electron chi connectivity index (χ3n) is 1.61. The fraction of sp³-hybridized carbons (Fsp3) is 0.667. The minimum atomic E-state index is -3.29. The Kier molecular flexibility index (Phi) is 7.09. The van der Waals surface area contributed by atoms with E-state index in [1.54, 1.807) is 0 Å². The smallest absolute Gasteiger partial charge is 0.321 e. The summed E-state index contributed by atoms with van der Waals surface area (Å²) < 4.78 is 20.4. The van der Waals surface area contributed by atoms with Gasteiger partial charge in [0.1, 0.15) is 6.04 Å². The van der Waals surface area contributed by atoms with Gasteiger partial charge < -0.3 is 14.8 Å². The molecule has 0 saturated heterocycles. The predicted molar refractivity (Wildman–Crippen MR) is 62.8 cm³/mol. The molecule has 16 heavy (non-hydrogen) atoms. The van der Waals surface area contributed by atoms with Gasteiger partial charge in [0.2, 0.25) is 0 Å². The van der Waals surface area contributed by atoms with E-state index in [9.17, 15) is 14.2 Å². The molecule has 0 aliphatic heterocycles. The van der Waals surface area contributed by atoms with E-state index in [1.807, 2.05) is 0 Å². The van der Waals surface area contributed by atoms with E-state index < -0.39 is 23.7 Å². The molecular weight excluding hydrogens is 277 g/mol. The maximum absolute atomic E-state index is 11.7. The Balaban J connectivity index is 4.50. The number of carboxylic acids is 2. The molecule has 0 fully saturated rings. The Morgan fingerprint density at radius 2 is 2.00 bits per heavy atom. The molecule has 7 nitrogen and oxygen atoms in total. The fourth-order valence-corrected chi connectivity index (χ4v) is 3.67. The Labute approximate surface area is 100 Å². The summed E-state index contributed by atoms with van der Waals surface area (Å²) in [5, 5.41) is 19.4. The van der Waals surface area contributed by atoms with Crippen molar-refractivity contribution >= 4 is 40.7 Å². The van der Waals surface area contributed by atoms with Crippen LogP contribution in [0.2, 0.25) is 0 Å². The van der Waals surface area contributed by atoms with Gasteiger partial charge in [0.05, 0.1) is 11.7 Å². The molecular formula is C6H12NO6PS2. The second kappa shape index (κ2) is 7.18. The summed E-state index contributed by atoms with van der Waals surface area (Å²) >= 11 is 0.848. The van der Waals surface area contributed by atoms with Crippen LogP contribution in [-0.4, -0.2) is 39.0 Å². The zero-order chi connectivity index (χ0) is 12.8. The van der Waals surface area contributed by atoms with Gasteiger partial charge in [-0.2, -0.15) is 0 Å². The van der Waals surface area contributed by atoms with Gasteiger partial charge in [-0.25, -0.2) is 5.09 Å². The third kappa shape index (κ3) is 5.76. The van der Waals surface area contributed by atoms with Crippen LogP contribution < -0.4 is 5.09 Å². The zero-order valence-electron chi connectivity index (χ0n) is 8.32. The van der Waals surface area contributed by atoms with Crippen molar-refractivity contribution in [2.75, 3.05) is 6.26 Å². The Morgan fingerprint density at radius 3 is 2.31 bits per heavy atom. The lowest BCUT2D eigenvalue weighted by Crippen LogP contribution is -2.33. The van der Waals surface area contributed by atoms with Gasteiger partial charge in [-0.05, 0) is 12.7 Å². The van der Waals surface area contributed by atoms with Crippen molar-refractivity contribution in [2.45, 2.75) is 18.9 Å². The molecule has 0 saturated carbocycles. The number of aliphatic carboxylic acids is 2. The first-order valence-corrected chi connectivity index (χ1v) is 8.97. The molecule has 4 N–H and O–H groups in total. The topological polar surface area (TPSA) is 124 Å². The van der Waals surface area contributed by atoms with Crippen molar-refractivity contribution in [1.29, 1.82) is 0 Å². The lowest BCUT2D eigenvalue weighted by atomic mass is 10.2. The minimum absolute atomic E-state index is 0.0489. The molecule has 0 amide bonds. The Morgan fingerprint density at radius 1 is 1.44 bits per heavy atom. The van der Waals surface area contributed by atoms with Crippen LogP contribution in [0.4, 0.5) is 0 Å². The SMILES string of the molecule is CSP(=O)(NC(CCC(=O)O)C(=O)O)SO. The number of carboxylic acid groups (broad SMARTS) is 2. The molecule has 0 aromatic rings. The van der Waals surface area contributed by atoms with Gasteiger partial charge in [-0.1, -0.05) is 11.4 Å². The maximum atomic E-state index is 11.7. The molecule has 10 heteroatoms. The second-order valence-electron chi connectivity index (χ2n) is 2.71. The molecule has 0 aliphatic carbocycles. The molecule has 2 atom stereocenters. The van der Waals surface area contributed by atoms with Crippen LogP contribution >= 0.6 is 28.7 Å². The molecule has 0 aliphatic rings. The van der Waals surface area contributed by atoms with Crippen LogP contribution in [-0.2, 0) is 14.2 Å². The average Bonchev–Trinajstić information content (AvgIpc) is 2.23. The van der Waals surface area contributed by atoms with E-state index >= 15 is 0 Å². The Hall–Kier alpha value is -0.210. The second-order valence-corrected chi connectivity index (χ2v) is 9.86. The van der Waals surface area contributed by atoms with Crippen LogP contribution in [0.25, 0.3) is 0 Å². The van der Waals surface area contributed by atoms with Crippen LogP contribution in [0.5, 0.6) is 0 Å². The number of nitrogens with one attached hydrogen (secondary N) is 1. The molecule has 0 radical (unpaired) electrons.